The summed E-state index contributed by atoms with van der Waals surface area (Å²) in [6.07, 6.45) is 2.74. The molecule has 1 N–H and O–H groups in total. The fourth-order valence-corrected chi connectivity index (χ4v) is 0.790. The summed E-state index contributed by atoms with van der Waals surface area (Å²) in [5.74, 6) is -1.18. The predicted octanol–water partition coefficient (Wildman–Crippen LogP) is 2.01. The Kier molecular flexibility index (Phi) is 13.5. The quantitative estimate of drug-likeness (QED) is 0.422. The van der Waals surface area contributed by atoms with Crippen LogP contribution in [0.5, 0.6) is 0 Å². The number of carboxylic acids is 1. The van der Waals surface area contributed by atoms with Crippen molar-refractivity contribution in [1.29, 1.82) is 0 Å². The minimum absolute atomic E-state index is 0.348. The standard InChI is InChI=1S/C10H18O3.C2H4O2/c1-4-5-7-13-8-6-9(2)10(11)12-3;1-2(3)4/h2,4-8H2,1,3H3;1H3,(H,3,4). The molecule has 0 unspecified atom stereocenters. The van der Waals surface area contributed by atoms with Crippen molar-refractivity contribution < 1.29 is 24.2 Å². The van der Waals surface area contributed by atoms with E-state index < -0.39 is 5.97 Å². The largest absolute Gasteiger partial charge is 0.481 e. The molecular formula is C12H22O5. The molecule has 0 spiro atoms. The maximum absolute atomic E-state index is 10.9. The molecular weight excluding hydrogens is 224 g/mol. The van der Waals surface area contributed by atoms with Crippen molar-refractivity contribution in [2.24, 2.45) is 0 Å². The normalized spacial score (nSPS) is 8.88. The first-order valence-electron chi connectivity index (χ1n) is 5.49. The van der Waals surface area contributed by atoms with Crippen LogP contribution in [0.2, 0.25) is 0 Å². The number of aliphatic carboxylic acids is 1. The summed E-state index contributed by atoms with van der Waals surface area (Å²) in [5, 5.41) is 7.42. The third-order valence-electron chi connectivity index (χ3n) is 1.66. The number of methoxy groups -OCH3 is 1. The average molecular weight is 246 g/mol. The van der Waals surface area contributed by atoms with E-state index in [4.69, 9.17) is 14.6 Å². The topological polar surface area (TPSA) is 72.8 Å². The molecule has 0 atom stereocenters. The van der Waals surface area contributed by atoms with Gasteiger partial charge in [-0.1, -0.05) is 19.9 Å². The Balaban J connectivity index is 0. The first-order chi connectivity index (χ1) is 7.95. The summed E-state index contributed by atoms with van der Waals surface area (Å²) < 4.78 is 9.77. The number of rotatable bonds is 7. The highest BCUT2D eigenvalue weighted by Crippen LogP contribution is 2.00. The highest BCUT2D eigenvalue weighted by molar-refractivity contribution is 5.87. The van der Waals surface area contributed by atoms with E-state index >= 15 is 0 Å². The van der Waals surface area contributed by atoms with Crippen molar-refractivity contribution in [3.05, 3.63) is 12.2 Å². The van der Waals surface area contributed by atoms with Gasteiger partial charge in [0, 0.05) is 25.5 Å². The molecule has 100 valence electrons. The Morgan fingerprint density at radius 2 is 1.82 bits per heavy atom. The van der Waals surface area contributed by atoms with Gasteiger partial charge in [-0.15, -0.1) is 0 Å². The van der Waals surface area contributed by atoms with Crippen LogP contribution < -0.4 is 0 Å². The van der Waals surface area contributed by atoms with Crippen LogP contribution in [0.1, 0.15) is 33.1 Å². The number of hydrogen-bond acceptors (Lipinski definition) is 4. The first-order valence-corrected chi connectivity index (χ1v) is 5.49. The molecule has 0 saturated carbocycles. The van der Waals surface area contributed by atoms with Gasteiger partial charge in [0.05, 0.1) is 13.7 Å². The summed E-state index contributed by atoms with van der Waals surface area (Å²) in [6, 6.07) is 0. The zero-order valence-electron chi connectivity index (χ0n) is 10.8. The molecule has 0 amide bonds. The maximum Gasteiger partial charge on any atom is 0.333 e. The fourth-order valence-electron chi connectivity index (χ4n) is 0.790. The van der Waals surface area contributed by atoms with Gasteiger partial charge in [0.1, 0.15) is 0 Å². The van der Waals surface area contributed by atoms with E-state index in [1.807, 2.05) is 0 Å². The van der Waals surface area contributed by atoms with E-state index in [0.29, 0.717) is 18.6 Å². The van der Waals surface area contributed by atoms with Crippen LogP contribution in [0.4, 0.5) is 0 Å². The van der Waals surface area contributed by atoms with Gasteiger partial charge in [0.15, 0.2) is 0 Å². The zero-order valence-corrected chi connectivity index (χ0v) is 10.8. The lowest BCUT2D eigenvalue weighted by Crippen LogP contribution is -2.06. The minimum atomic E-state index is -0.833. The smallest absolute Gasteiger partial charge is 0.333 e. The Morgan fingerprint density at radius 3 is 2.24 bits per heavy atom. The third-order valence-corrected chi connectivity index (χ3v) is 1.66. The molecule has 0 aliphatic carbocycles. The predicted molar refractivity (Wildman–Crippen MR) is 64.8 cm³/mol. The van der Waals surface area contributed by atoms with Crippen LogP contribution in [0.15, 0.2) is 12.2 Å². The molecule has 0 aromatic carbocycles. The number of carbonyl (C=O) groups excluding carboxylic acids is 1. The molecule has 0 rings (SSSR count). The Hall–Kier alpha value is -1.36. The van der Waals surface area contributed by atoms with Gasteiger partial charge in [0.2, 0.25) is 0 Å². The zero-order chi connectivity index (χ0) is 13.7. The van der Waals surface area contributed by atoms with E-state index in [-0.39, 0.29) is 5.97 Å². The van der Waals surface area contributed by atoms with E-state index in [9.17, 15) is 4.79 Å². The molecule has 0 aliphatic heterocycles. The summed E-state index contributed by atoms with van der Waals surface area (Å²) in [6.45, 7) is 8.08. The number of ether oxygens (including phenoxy) is 2. The summed E-state index contributed by atoms with van der Waals surface area (Å²) in [4.78, 5) is 19.9. The Labute approximate surface area is 102 Å². The van der Waals surface area contributed by atoms with E-state index in [1.165, 1.54) is 7.11 Å². The monoisotopic (exact) mass is 246 g/mol. The molecule has 17 heavy (non-hydrogen) atoms. The van der Waals surface area contributed by atoms with Crippen molar-refractivity contribution in [3.8, 4) is 0 Å². The van der Waals surface area contributed by atoms with Crippen LogP contribution in [0.25, 0.3) is 0 Å². The molecule has 5 heteroatoms. The second-order valence-corrected chi connectivity index (χ2v) is 3.33. The van der Waals surface area contributed by atoms with Crippen LogP contribution in [-0.2, 0) is 19.1 Å². The SMILES string of the molecule is C=C(CCOCCCC)C(=O)OC.CC(=O)O. The molecule has 0 aromatic heterocycles. The summed E-state index contributed by atoms with van der Waals surface area (Å²) >= 11 is 0. The van der Waals surface area contributed by atoms with Crippen molar-refractivity contribution >= 4 is 11.9 Å². The molecule has 5 nitrogen and oxygen atoms in total. The van der Waals surface area contributed by atoms with Crippen LogP contribution in [0.3, 0.4) is 0 Å². The molecule has 0 aliphatic rings. The van der Waals surface area contributed by atoms with Gasteiger partial charge < -0.3 is 14.6 Å². The number of hydrogen-bond donors (Lipinski definition) is 1. The van der Waals surface area contributed by atoms with Crippen molar-refractivity contribution in [2.45, 2.75) is 33.1 Å². The highest BCUT2D eigenvalue weighted by atomic mass is 16.5. The van der Waals surface area contributed by atoms with E-state index in [1.54, 1.807) is 0 Å². The van der Waals surface area contributed by atoms with Gasteiger partial charge in [-0.2, -0.15) is 0 Å². The van der Waals surface area contributed by atoms with Gasteiger partial charge in [-0.25, -0.2) is 4.79 Å². The van der Waals surface area contributed by atoms with Crippen LogP contribution in [-0.4, -0.2) is 37.4 Å². The number of unbranched alkanes of at least 4 members (excludes halogenated alkanes) is 1. The molecule has 0 aromatic rings. The second kappa shape index (κ2) is 12.7. The van der Waals surface area contributed by atoms with E-state index in [2.05, 4.69) is 18.2 Å². The summed E-state index contributed by atoms with van der Waals surface area (Å²) in [7, 11) is 1.35. The van der Waals surface area contributed by atoms with Gasteiger partial charge in [-0.05, 0) is 6.42 Å². The Morgan fingerprint density at radius 1 is 1.29 bits per heavy atom. The molecule has 0 saturated heterocycles. The number of carboxylic acid groups (broad SMARTS) is 1. The Bertz CT molecular complexity index is 231. The number of esters is 1. The summed E-state index contributed by atoms with van der Waals surface area (Å²) in [5.41, 5.74) is 0.471. The van der Waals surface area contributed by atoms with E-state index in [0.717, 1.165) is 26.4 Å². The maximum atomic E-state index is 10.9. The van der Waals surface area contributed by atoms with Gasteiger partial charge in [0.25, 0.3) is 5.97 Å². The lowest BCUT2D eigenvalue weighted by molar-refractivity contribution is -0.136. The van der Waals surface area contributed by atoms with Crippen LogP contribution in [0, 0.1) is 0 Å². The molecule has 0 heterocycles. The highest BCUT2D eigenvalue weighted by Gasteiger charge is 2.05. The average Bonchev–Trinajstić information content (AvgIpc) is 2.26. The van der Waals surface area contributed by atoms with Gasteiger partial charge in [-0.3, -0.25) is 4.79 Å². The molecule has 0 fully saturated rings. The van der Waals surface area contributed by atoms with Crippen molar-refractivity contribution in [2.75, 3.05) is 20.3 Å². The first kappa shape index (κ1) is 18.0. The fraction of sp³-hybridized carbons (Fsp3) is 0.667. The van der Waals surface area contributed by atoms with Crippen molar-refractivity contribution in [3.63, 3.8) is 0 Å². The molecule has 0 radical (unpaired) electrons. The lowest BCUT2D eigenvalue weighted by atomic mass is 10.2. The third kappa shape index (κ3) is 17.3. The minimum Gasteiger partial charge on any atom is -0.481 e. The number of carbonyl (C=O) groups is 2. The van der Waals surface area contributed by atoms with Crippen molar-refractivity contribution in [1.82, 2.24) is 0 Å². The van der Waals surface area contributed by atoms with Gasteiger partial charge >= 0.3 is 5.97 Å². The molecule has 0 bridgehead atoms. The lowest BCUT2D eigenvalue weighted by Gasteiger charge is -2.04. The second-order valence-electron chi connectivity index (χ2n) is 3.33. The van der Waals surface area contributed by atoms with Crippen LogP contribution >= 0.6 is 0 Å².